The highest BCUT2D eigenvalue weighted by molar-refractivity contribution is 5.92. The molecule has 0 amide bonds. The number of hydrogen-bond acceptors (Lipinski definition) is 6. The number of anilines is 1. The molecule has 0 spiro atoms. The standard InChI is InChI=1S/C22H29NO5/c1-23(2)19-10-8-17(9-11-19)20(25)27-15-22(14-24)13-18(21(26)28-22)12-16-6-4-3-5-7-16/h8-12,16,24H,3-7,13-15H2,1-2H3/b18-12+. The van der Waals surface area contributed by atoms with Crippen molar-refractivity contribution >= 4 is 17.6 Å². The van der Waals surface area contributed by atoms with E-state index >= 15 is 0 Å². The molecule has 1 saturated heterocycles. The molecule has 3 rings (SSSR count). The molecule has 1 saturated carbocycles. The number of allylic oxidation sites excluding steroid dienone is 1. The highest BCUT2D eigenvalue weighted by Gasteiger charge is 2.44. The first kappa shape index (κ1) is 20.4. The molecule has 1 aromatic rings. The minimum absolute atomic E-state index is 0.161. The van der Waals surface area contributed by atoms with Crippen LogP contribution < -0.4 is 4.90 Å². The second-order valence-corrected chi connectivity index (χ2v) is 8.01. The summed E-state index contributed by atoms with van der Waals surface area (Å²) in [6.07, 6.45) is 8.04. The van der Waals surface area contributed by atoms with Crippen molar-refractivity contribution in [2.45, 2.75) is 44.1 Å². The van der Waals surface area contributed by atoms with Gasteiger partial charge in [0.25, 0.3) is 0 Å². The van der Waals surface area contributed by atoms with Gasteiger partial charge in [-0.2, -0.15) is 0 Å². The number of cyclic esters (lactones) is 1. The topological polar surface area (TPSA) is 76.1 Å². The second kappa shape index (κ2) is 8.78. The van der Waals surface area contributed by atoms with Crippen molar-refractivity contribution in [1.82, 2.24) is 0 Å². The van der Waals surface area contributed by atoms with Crippen molar-refractivity contribution in [3.63, 3.8) is 0 Å². The molecule has 1 aliphatic heterocycles. The van der Waals surface area contributed by atoms with E-state index in [4.69, 9.17) is 9.47 Å². The van der Waals surface area contributed by atoms with Crippen LogP contribution >= 0.6 is 0 Å². The van der Waals surface area contributed by atoms with E-state index < -0.39 is 17.5 Å². The normalized spacial score (nSPS) is 24.2. The molecule has 2 fully saturated rings. The maximum atomic E-state index is 12.3. The van der Waals surface area contributed by atoms with Gasteiger partial charge in [0.15, 0.2) is 5.60 Å². The largest absolute Gasteiger partial charge is 0.458 e. The van der Waals surface area contributed by atoms with Gasteiger partial charge in [0.05, 0.1) is 12.2 Å². The van der Waals surface area contributed by atoms with Gasteiger partial charge in [-0.3, -0.25) is 0 Å². The molecular formula is C22H29NO5. The summed E-state index contributed by atoms with van der Waals surface area (Å²) in [4.78, 5) is 26.6. The molecule has 152 valence electrons. The predicted molar refractivity (Wildman–Crippen MR) is 106 cm³/mol. The Kier molecular flexibility index (Phi) is 6.39. The van der Waals surface area contributed by atoms with Crippen LogP contribution in [0.5, 0.6) is 0 Å². The van der Waals surface area contributed by atoms with Gasteiger partial charge in [-0.25, -0.2) is 9.59 Å². The van der Waals surface area contributed by atoms with Crippen LogP contribution in [0.25, 0.3) is 0 Å². The third kappa shape index (κ3) is 4.73. The van der Waals surface area contributed by atoms with E-state index in [1.165, 1.54) is 19.3 Å². The van der Waals surface area contributed by atoms with Gasteiger partial charge < -0.3 is 19.5 Å². The first-order valence-corrected chi connectivity index (χ1v) is 9.92. The van der Waals surface area contributed by atoms with E-state index in [-0.39, 0.29) is 19.6 Å². The van der Waals surface area contributed by atoms with Crippen molar-refractivity contribution in [2.24, 2.45) is 5.92 Å². The van der Waals surface area contributed by atoms with Crippen LogP contribution in [0.1, 0.15) is 48.9 Å². The Morgan fingerprint density at radius 2 is 1.93 bits per heavy atom. The Morgan fingerprint density at radius 3 is 2.54 bits per heavy atom. The summed E-state index contributed by atoms with van der Waals surface area (Å²) in [6.45, 7) is -0.543. The Balaban J connectivity index is 1.62. The van der Waals surface area contributed by atoms with Gasteiger partial charge in [-0.05, 0) is 43.0 Å². The number of aliphatic hydroxyl groups is 1. The lowest BCUT2D eigenvalue weighted by Crippen LogP contribution is -2.39. The highest BCUT2D eigenvalue weighted by atomic mass is 16.6. The predicted octanol–water partition coefficient (Wildman–Crippen LogP) is 3.09. The highest BCUT2D eigenvalue weighted by Crippen LogP contribution is 2.34. The Labute approximate surface area is 166 Å². The molecule has 1 unspecified atom stereocenters. The summed E-state index contributed by atoms with van der Waals surface area (Å²) in [5.74, 6) is -0.520. The monoisotopic (exact) mass is 387 g/mol. The average molecular weight is 387 g/mol. The molecule has 1 atom stereocenters. The average Bonchev–Trinajstić information content (AvgIpc) is 3.03. The summed E-state index contributed by atoms with van der Waals surface area (Å²) in [6, 6.07) is 7.05. The SMILES string of the molecule is CN(C)c1ccc(C(=O)OCC2(CO)C/C(=C\C3CCCCC3)C(=O)O2)cc1. The molecule has 1 N–H and O–H groups in total. The quantitative estimate of drug-likeness (QED) is 0.597. The summed E-state index contributed by atoms with van der Waals surface area (Å²) in [5, 5.41) is 9.84. The first-order chi connectivity index (χ1) is 13.4. The maximum absolute atomic E-state index is 12.3. The zero-order chi connectivity index (χ0) is 20.1. The fourth-order valence-electron chi connectivity index (χ4n) is 3.82. The Hall–Kier alpha value is -2.34. The molecule has 1 heterocycles. The van der Waals surface area contributed by atoms with Gasteiger partial charge in [-0.15, -0.1) is 0 Å². The smallest absolute Gasteiger partial charge is 0.338 e. The lowest BCUT2D eigenvalue weighted by Gasteiger charge is -2.24. The number of aliphatic hydroxyl groups excluding tert-OH is 1. The van der Waals surface area contributed by atoms with E-state index in [0.29, 0.717) is 17.1 Å². The number of esters is 2. The third-order valence-corrected chi connectivity index (χ3v) is 5.54. The lowest BCUT2D eigenvalue weighted by atomic mass is 9.86. The second-order valence-electron chi connectivity index (χ2n) is 8.01. The van der Waals surface area contributed by atoms with Gasteiger partial charge in [0, 0.05) is 31.8 Å². The minimum Gasteiger partial charge on any atom is -0.458 e. The third-order valence-electron chi connectivity index (χ3n) is 5.54. The maximum Gasteiger partial charge on any atom is 0.338 e. The van der Waals surface area contributed by atoms with Gasteiger partial charge in [0.2, 0.25) is 0 Å². The number of rotatable bonds is 6. The van der Waals surface area contributed by atoms with E-state index in [1.54, 1.807) is 12.1 Å². The fraction of sp³-hybridized carbons (Fsp3) is 0.545. The molecule has 1 aromatic carbocycles. The number of ether oxygens (including phenoxy) is 2. The molecule has 6 nitrogen and oxygen atoms in total. The zero-order valence-electron chi connectivity index (χ0n) is 16.6. The molecule has 28 heavy (non-hydrogen) atoms. The van der Waals surface area contributed by atoms with Crippen molar-refractivity contribution in [3.05, 3.63) is 41.5 Å². The molecular weight excluding hydrogens is 358 g/mol. The van der Waals surface area contributed by atoms with Crippen molar-refractivity contribution in [1.29, 1.82) is 0 Å². The fourth-order valence-corrected chi connectivity index (χ4v) is 3.82. The number of hydrogen-bond donors (Lipinski definition) is 1. The van der Waals surface area contributed by atoms with Gasteiger partial charge >= 0.3 is 11.9 Å². The van der Waals surface area contributed by atoms with Crippen molar-refractivity contribution in [2.75, 3.05) is 32.2 Å². The van der Waals surface area contributed by atoms with Gasteiger partial charge in [-0.1, -0.05) is 25.3 Å². The number of carbonyl (C=O) groups is 2. The molecule has 0 bridgehead atoms. The number of benzene rings is 1. The molecule has 0 radical (unpaired) electrons. The molecule has 6 heteroatoms. The first-order valence-electron chi connectivity index (χ1n) is 9.92. The van der Waals surface area contributed by atoms with E-state index in [0.717, 1.165) is 18.5 Å². The van der Waals surface area contributed by atoms with Crippen LogP contribution in [0, 0.1) is 5.92 Å². The minimum atomic E-state index is -1.18. The van der Waals surface area contributed by atoms with Crippen LogP contribution in [0.2, 0.25) is 0 Å². The van der Waals surface area contributed by atoms with E-state index in [2.05, 4.69) is 0 Å². The summed E-state index contributed by atoms with van der Waals surface area (Å²) in [5.41, 5.74) is 0.801. The molecule has 0 aromatic heterocycles. The van der Waals surface area contributed by atoms with E-state index in [1.807, 2.05) is 37.2 Å². The van der Waals surface area contributed by atoms with Gasteiger partial charge in [0.1, 0.15) is 6.61 Å². The number of nitrogens with zero attached hydrogens (tertiary/aromatic N) is 1. The van der Waals surface area contributed by atoms with E-state index in [9.17, 15) is 14.7 Å². The molecule has 1 aliphatic carbocycles. The van der Waals surface area contributed by atoms with Crippen LogP contribution in [-0.2, 0) is 14.3 Å². The summed E-state index contributed by atoms with van der Waals surface area (Å²) >= 11 is 0. The molecule has 2 aliphatic rings. The Morgan fingerprint density at radius 1 is 1.25 bits per heavy atom. The number of carbonyl (C=O) groups excluding carboxylic acids is 2. The Bertz CT molecular complexity index is 734. The summed E-state index contributed by atoms with van der Waals surface area (Å²) < 4.78 is 10.8. The summed E-state index contributed by atoms with van der Waals surface area (Å²) in [7, 11) is 3.84. The van der Waals surface area contributed by atoms with Crippen LogP contribution in [0.15, 0.2) is 35.9 Å². The van der Waals surface area contributed by atoms with Crippen molar-refractivity contribution < 1.29 is 24.2 Å². The van der Waals surface area contributed by atoms with Crippen molar-refractivity contribution in [3.8, 4) is 0 Å². The van der Waals surface area contributed by atoms with Crippen LogP contribution in [0.3, 0.4) is 0 Å². The zero-order valence-corrected chi connectivity index (χ0v) is 16.6. The lowest BCUT2D eigenvalue weighted by molar-refractivity contribution is -0.154. The van der Waals surface area contributed by atoms with Crippen LogP contribution in [-0.4, -0.2) is 50.0 Å². The van der Waals surface area contributed by atoms with Crippen LogP contribution in [0.4, 0.5) is 5.69 Å².